The fraction of sp³-hybridized carbons (Fsp3) is 0.609. The van der Waals surface area contributed by atoms with E-state index in [0.717, 1.165) is 48.8 Å². The van der Waals surface area contributed by atoms with Gasteiger partial charge in [0, 0.05) is 18.0 Å². The van der Waals surface area contributed by atoms with Crippen molar-refractivity contribution in [2.45, 2.75) is 71.8 Å². The minimum atomic E-state index is -0.136. The van der Waals surface area contributed by atoms with Gasteiger partial charge in [-0.3, -0.25) is 4.79 Å². The average molecular weight is 390 g/mol. The van der Waals surface area contributed by atoms with Gasteiger partial charge in [0.05, 0.1) is 26.3 Å². The molecule has 156 valence electrons. The zero-order valence-electron chi connectivity index (χ0n) is 17.9. The number of methoxy groups -OCH3 is 2. The summed E-state index contributed by atoms with van der Waals surface area (Å²) in [6.07, 6.45) is 8.86. The number of hydrogen-bond acceptors (Lipinski definition) is 4. The molecule has 0 saturated carbocycles. The van der Waals surface area contributed by atoms with Crippen molar-refractivity contribution in [1.29, 1.82) is 0 Å². The molecule has 0 unspecified atom stereocenters. The number of fused-ring (bicyclic) bond motifs is 1. The smallest absolute Gasteiger partial charge is 0.297 e. The van der Waals surface area contributed by atoms with Crippen LogP contribution < -0.4 is 19.8 Å². The minimum absolute atomic E-state index is 0.136. The number of hydrogen-bond donors (Lipinski definition) is 0. The first-order valence-corrected chi connectivity index (χ1v) is 10.6. The van der Waals surface area contributed by atoms with E-state index in [1.807, 2.05) is 18.2 Å². The molecular formula is C23H35NO4. The lowest BCUT2D eigenvalue weighted by Gasteiger charge is -2.18. The molecule has 1 heterocycles. The molecule has 1 aromatic heterocycles. The Hall–Kier alpha value is -2.17. The van der Waals surface area contributed by atoms with Crippen molar-refractivity contribution in [3.05, 3.63) is 28.6 Å². The minimum Gasteiger partial charge on any atom is -0.497 e. The van der Waals surface area contributed by atoms with E-state index in [9.17, 15) is 4.79 Å². The van der Waals surface area contributed by atoms with E-state index in [-0.39, 0.29) is 5.56 Å². The lowest BCUT2D eigenvalue weighted by molar-refractivity contribution is 0.285. The van der Waals surface area contributed by atoms with Crippen molar-refractivity contribution in [3.63, 3.8) is 0 Å². The maximum atomic E-state index is 13.2. The summed E-state index contributed by atoms with van der Waals surface area (Å²) >= 11 is 0. The zero-order chi connectivity index (χ0) is 20.4. The number of benzene rings is 1. The number of aryl methyl sites for hydroxylation is 1. The van der Waals surface area contributed by atoms with Gasteiger partial charge in [-0.05, 0) is 25.0 Å². The third kappa shape index (κ3) is 5.43. The van der Waals surface area contributed by atoms with Gasteiger partial charge < -0.3 is 18.8 Å². The lowest BCUT2D eigenvalue weighted by atomic mass is 10.1. The first-order valence-electron chi connectivity index (χ1n) is 10.6. The van der Waals surface area contributed by atoms with Crippen LogP contribution in [-0.4, -0.2) is 25.4 Å². The SMILES string of the molecule is CCCCCCOc1c(OC)c(=O)n(CCCCCC)c2cc(OC)ccc12. The Labute approximate surface area is 168 Å². The zero-order valence-corrected chi connectivity index (χ0v) is 17.9. The van der Waals surface area contributed by atoms with Crippen LogP contribution in [0.3, 0.4) is 0 Å². The van der Waals surface area contributed by atoms with Gasteiger partial charge in [-0.1, -0.05) is 52.4 Å². The first-order chi connectivity index (χ1) is 13.7. The summed E-state index contributed by atoms with van der Waals surface area (Å²) in [6, 6.07) is 5.78. The molecule has 0 aliphatic carbocycles. The summed E-state index contributed by atoms with van der Waals surface area (Å²) < 4.78 is 18.8. The van der Waals surface area contributed by atoms with Gasteiger partial charge in [-0.2, -0.15) is 0 Å². The molecule has 0 saturated heterocycles. The van der Waals surface area contributed by atoms with Gasteiger partial charge in [0.15, 0.2) is 5.75 Å². The first kappa shape index (κ1) is 22.1. The molecule has 0 bridgehead atoms. The molecular weight excluding hydrogens is 354 g/mol. The van der Waals surface area contributed by atoms with Crippen molar-refractivity contribution in [1.82, 2.24) is 4.57 Å². The highest BCUT2D eigenvalue weighted by atomic mass is 16.5. The largest absolute Gasteiger partial charge is 0.497 e. The van der Waals surface area contributed by atoms with E-state index < -0.39 is 0 Å². The molecule has 0 aliphatic heterocycles. The molecule has 0 fully saturated rings. The van der Waals surface area contributed by atoms with Crippen LogP contribution in [0.25, 0.3) is 10.9 Å². The fourth-order valence-corrected chi connectivity index (χ4v) is 3.45. The Morgan fingerprint density at radius 2 is 1.57 bits per heavy atom. The molecule has 28 heavy (non-hydrogen) atoms. The van der Waals surface area contributed by atoms with Crippen LogP contribution in [0.15, 0.2) is 23.0 Å². The van der Waals surface area contributed by atoms with Crippen molar-refractivity contribution < 1.29 is 14.2 Å². The summed E-state index contributed by atoms with van der Waals surface area (Å²) in [4.78, 5) is 13.2. The Balaban J connectivity index is 2.43. The van der Waals surface area contributed by atoms with Crippen molar-refractivity contribution in [2.75, 3.05) is 20.8 Å². The highest BCUT2D eigenvalue weighted by Crippen LogP contribution is 2.34. The van der Waals surface area contributed by atoms with Crippen LogP contribution in [0.4, 0.5) is 0 Å². The predicted octanol–water partition coefficient (Wildman–Crippen LogP) is 5.56. The maximum Gasteiger partial charge on any atom is 0.297 e. The summed E-state index contributed by atoms with van der Waals surface area (Å²) in [5.74, 6) is 1.57. The van der Waals surface area contributed by atoms with Crippen molar-refractivity contribution >= 4 is 10.9 Å². The quantitative estimate of drug-likeness (QED) is 0.421. The Morgan fingerprint density at radius 1 is 0.857 bits per heavy atom. The van der Waals surface area contributed by atoms with Crippen LogP contribution >= 0.6 is 0 Å². The molecule has 2 aromatic rings. The van der Waals surface area contributed by atoms with Gasteiger partial charge in [0.25, 0.3) is 5.56 Å². The molecule has 2 rings (SSSR count). The molecule has 1 aromatic carbocycles. The molecule has 0 atom stereocenters. The van der Waals surface area contributed by atoms with Gasteiger partial charge in [0.1, 0.15) is 5.75 Å². The third-order valence-corrected chi connectivity index (χ3v) is 5.07. The summed E-state index contributed by atoms with van der Waals surface area (Å²) in [5, 5.41) is 0.892. The topological polar surface area (TPSA) is 49.7 Å². The van der Waals surface area contributed by atoms with Crippen LogP contribution in [0.1, 0.15) is 65.2 Å². The van der Waals surface area contributed by atoms with Crippen LogP contribution in [0, 0.1) is 0 Å². The summed E-state index contributed by atoms with van der Waals surface area (Å²) in [6.45, 7) is 5.61. The maximum absolute atomic E-state index is 13.2. The summed E-state index contributed by atoms with van der Waals surface area (Å²) in [5.41, 5.74) is 0.702. The Morgan fingerprint density at radius 3 is 2.21 bits per heavy atom. The number of rotatable bonds is 13. The van der Waals surface area contributed by atoms with Gasteiger partial charge >= 0.3 is 0 Å². The van der Waals surface area contributed by atoms with Gasteiger partial charge in [-0.25, -0.2) is 0 Å². The summed E-state index contributed by atoms with van der Waals surface area (Å²) in [7, 11) is 3.18. The van der Waals surface area contributed by atoms with E-state index in [1.54, 1.807) is 11.7 Å². The van der Waals surface area contributed by atoms with Crippen LogP contribution in [0.5, 0.6) is 17.2 Å². The van der Waals surface area contributed by atoms with Crippen molar-refractivity contribution in [2.24, 2.45) is 0 Å². The van der Waals surface area contributed by atoms with E-state index >= 15 is 0 Å². The molecule has 0 radical (unpaired) electrons. The van der Waals surface area contributed by atoms with Crippen LogP contribution in [0.2, 0.25) is 0 Å². The number of aromatic nitrogens is 1. The van der Waals surface area contributed by atoms with Gasteiger partial charge in [-0.15, -0.1) is 0 Å². The monoisotopic (exact) mass is 389 g/mol. The van der Waals surface area contributed by atoms with E-state index in [0.29, 0.717) is 24.7 Å². The molecule has 5 heteroatoms. The number of unbranched alkanes of at least 4 members (excludes halogenated alkanes) is 6. The highest BCUT2D eigenvalue weighted by Gasteiger charge is 2.19. The molecule has 0 spiro atoms. The van der Waals surface area contributed by atoms with E-state index in [2.05, 4.69) is 13.8 Å². The number of ether oxygens (including phenoxy) is 3. The third-order valence-electron chi connectivity index (χ3n) is 5.07. The second kappa shape index (κ2) is 11.6. The Kier molecular flexibility index (Phi) is 9.18. The van der Waals surface area contributed by atoms with Gasteiger partial charge in [0.2, 0.25) is 5.75 Å². The second-order valence-electron chi connectivity index (χ2n) is 7.17. The molecule has 0 N–H and O–H groups in total. The molecule has 0 amide bonds. The number of pyridine rings is 1. The molecule has 0 aliphatic rings. The average Bonchev–Trinajstić information content (AvgIpc) is 2.72. The second-order valence-corrected chi connectivity index (χ2v) is 7.17. The Bertz CT molecular complexity index is 797. The highest BCUT2D eigenvalue weighted by molar-refractivity contribution is 5.89. The van der Waals surface area contributed by atoms with Crippen LogP contribution in [-0.2, 0) is 6.54 Å². The number of nitrogens with zero attached hydrogens (tertiary/aromatic N) is 1. The molecule has 5 nitrogen and oxygen atoms in total. The van der Waals surface area contributed by atoms with E-state index in [4.69, 9.17) is 14.2 Å². The van der Waals surface area contributed by atoms with Crippen molar-refractivity contribution in [3.8, 4) is 17.2 Å². The standard InChI is InChI=1S/C23H35NO4/c1-5-7-9-11-15-24-20-17-18(26-3)13-14-19(20)21(22(27-4)23(24)25)28-16-12-10-8-6-2/h13-14,17H,5-12,15-16H2,1-4H3. The predicted molar refractivity (Wildman–Crippen MR) is 115 cm³/mol. The lowest BCUT2D eigenvalue weighted by Crippen LogP contribution is -2.23. The fourth-order valence-electron chi connectivity index (χ4n) is 3.45. The normalized spacial score (nSPS) is 11.0. The van der Waals surface area contributed by atoms with E-state index in [1.165, 1.54) is 26.4 Å².